The summed E-state index contributed by atoms with van der Waals surface area (Å²) in [5.74, 6) is -1.64. The molecule has 1 amide bonds. The van der Waals surface area contributed by atoms with Crippen molar-refractivity contribution in [1.82, 2.24) is 0 Å². The molecule has 0 aromatic heterocycles. The summed E-state index contributed by atoms with van der Waals surface area (Å²) in [6, 6.07) is 7.02. The van der Waals surface area contributed by atoms with Crippen molar-refractivity contribution in [3.8, 4) is 5.75 Å². The summed E-state index contributed by atoms with van der Waals surface area (Å²) < 4.78 is 27.6. The number of carbonyl (C=O) groups excluding carboxylic acids is 2. The number of aryl methyl sites for hydroxylation is 1. The van der Waals surface area contributed by atoms with E-state index in [9.17, 15) is 14.2 Å². The largest absolute Gasteiger partial charge is 0.482 e. The van der Waals surface area contributed by atoms with E-state index in [0.29, 0.717) is 5.75 Å². The van der Waals surface area contributed by atoms with Crippen molar-refractivity contribution in [3.05, 3.63) is 29.8 Å². The van der Waals surface area contributed by atoms with Crippen LogP contribution in [0.4, 0.5) is 0 Å². The fourth-order valence-electron chi connectivity index (χ4n) is 1.70. The molecule has 0 saturated heterocycles. The maximum absolute atomic E-state index is 12.5. The molecule has 1 aromatic carbocycles. The SMILES string of the molecule is CCOP(=O)(OCC)/C(=N/OC(=O)COc1cccc(C)c1)C(N)=O. The fraction of sp³-hybridized carbons (Fsp3) is 0.400. The Morgan fingerprint density at radius 2 is 1.84 bits per heavy atom. The number of ether oxygens (including phenoxy) is 1. The predicted octanol–water partition coefficient (Wildman–Crippen LogP) is 1.98. The van der Waals surface area contributed by atoms with E-state index in [0.717, 1.165) is 5.56 Å². The molecule has 25 heavy (non-hydrogen) atoms. The van der Waals surface area contributed by atoms with Gasteiger partial charge < -0.3 is 24.4 Å². The average Bonchev–Trinajstić information content (AvgIpc) is 2.53. The molecule has 10 heteroatoms. The van der Waals surface area contributed by atoms with Gasteiger partial charge in [-0.2, -0.15) is 0 Å². The van der Waals surface area contributed by atoms with Crippen molar-refractivity contribution in [2.24, 2.45) is 10.9 Å². The van der Waals surface area contributed by atoms with Crippen LogP contribution in [0.2, 0.25) is 0 Å². The Bertz CT molecular complexity index is 680. The van der Waals surface area contributed by atoms with Gasteiger partial charge in [0, 0.05) is 0 Å². The fourth-order valence-corrected chi connectivity index (χ4v) is 3.11. The Balaban J connectivity index is 2.77. The van der Waals surface area contributed by atoms with E-state index in [1.54, 1.807) is 32.0 Å². The van der Waals surface area contributed by atoms with Crippen molar-refractivity contribution < 1.29 is 32.8 Å². The first kappa shape index (κ1) is 20.8. The van der Waals surface area contributed by atoms with E-state index in [1.165, 1.54) is 0 Å². The minimum absolute atomic E-state index is 0.0198. The summed E-state index contributed by atoms with van der Waals surface area (Å²) in [7, 11) is -4.07. The van der Waals surface area contributed by atoms with E-state index in [4.69, 9.17) is 19.5 Å². The van der Waals surface area contributed by atoms with Crippen LogP contribution in [0.25, 0.3) is 0 Å². The molecule has 1 rings (SSSR count). The lowest BCUT2D eigenvalue weighted by Crippen LogP contribution is -2.26. The van der Waals surface area contributed by atoms with Crippen molar-refractivity contribution in [1.29, 1.82) is 0 Å². The van der Waals surface area contributed by atoms with E-state index < -0.39 is 31.5 Å². The number of primary amides is 1. The van der Waals surface area contributed by atoms with Gasteiger partial charge in [-0.3, -0.25) is 9.36 Å². The lowest BCUT2D eigenvalue weighted by molar-refractivity contribution is -0.146. The second-order valence-corrected chi connectivity index (χ2v) is 6.62. The van der Waals surface area contributed by atoms with Gasteiger partial charge in [0.25, 0.3) is 11.4 Å². The van der Waals surface area contributed by atoms with E-state index in [-0.39, 0.29) is 13.2 Å². The van der Waals surface area contributed by atoms with Gasteiger partial charge in [-0.15, -0.1) is 0 Å². The van der Waals surface area contributed by atoms with Gasteiger partial charge in [-0.1, -0.05) is 17.3 Å². The summed E-state index contributed by atoms with van der Waals surface area (Å²) in [5.41, 5.74) is 5.29. The lowest BCUT2D eigenvalue weighted by Gasteiger charge is -2.16. The van der Waals surface area contributed by atoms with Crippen molar-refractivity contribution in [2.75, 3.05) is 19.8 Å². The zero-order valence-corrected chi connectivity index (χ0v) is 15.2. The molecule has 0 aliphatic carbocycles. The molecule has 0 radical (unpaired) electrons. The van der Waals surface area contributed by atoms with Gasteiger partial charge in [-0.05, 0) is 38.5 Å². The van der Waals surface area contributed by atoms with Crippen LogP contribution in [0, 0.1) is 6.92 Å². The molecule has 138 valence electrons. The summed E-state index contributed by atoms with van der Waals surface area (Å²) >= 11 is 0. The zero-order valence-electron chi connectivity index (χ0n) is 14.3. The number of rotatable bonds is 10. The van der Waals surface area contributed by atoms with Crippen LogP contribution in [-0.2, 0) is 28.0 Å². The highest BCUT2D eigenvalue weighted by Crippen LogP contribution is 2.49. The predicted molar refractivity (Wildman–Crippen MR) is 90.3 cm³/mol. The number of nitrogens with zero attached hydrogens (tertiary/aromatic N) is 1. The van der Waals surface area contributed by atoms with E-state index in [1.807, 2.05) is 13.0 Å². The van der Waals surface area contributed by atoms with Gasteiger partial charge >= 0.3 is 13.6 Å². The zero-order chi connectivity index (χ0) is 18.9. The number of hydrogen-bond donors (Lipinski definition) is 1. The molecule has 0 spiro atoms. The number of hydrogen-bond acceptors (Lipinski definition) is 8. The Morgan fingerprint density at radius 1 is 1.20 bits per heavy atom. The van der Waals surface area contributed by atoms with Gasteiger partial charge in [0.1, 0.15) is 5.75 Å². The highest BCUT2D eigenvalue weighted by atomic mass is 31.2. The van der Waals surface area contributed by atoms with Crippen LogP contribution in [-0.4, -0.2) is 37.1 Å². The van der Waals surface area contributed by atoms with Crippen LogP contribution >= 0.6 is 7.60 Å². The molecular formula is C15H21N2O7P. The third-order valence-corrected chi connectivity index (χ3v) is 4.68. The van der Waals surface area contributed by atoms with Gasteiger partial charge in [0.2, 0.25) is 0 Å². The highest BCUT2D eigenvalue weighted by molar-refractivity contribution is 7.75. The number of carbonyl (C=O) groups is 2. The maximum Gasteiger partial charge on any atom is 0.388 e. The third kappa shape index (κ3) is 6.66. The molecule has 0 atom stereocenters. The summed E-state index contributed by atoms with van der Waals surface area (Å²) in [4.78, 5) is 27.7. The third-order valence-electron chi connectivity index (χ3n) is 2.66. The maximum atomic E-state index is 12.5. The lowest BCUT2D eigenvalue weighted by atomic mass is 10.2. The molecule has 2 N–H and O–H groups in total. The van der Waals surface area contributed by atoms with Crippen molar-refractivity contribution in [2.45, 2.75) is 20.8 Å². The molecule has 0 aliphatic heterocycles. The summed E-state index contributed by atoms with van der Waals surface area (Å²) in [6.07, 6.45) is 0. The van der Waals surface area contributed by atoms with Crippen LogP contribution in [0.5, 0.6) is 5.75 Å². The number of amides is 1. The van der Waals surface area contributed by atoms with Gasteiger partial charge in [-0.25, -0.2) is 4.79 Å². The molecule has 1 aromatic rings. The first-order valence-electron chi connectivity index (χ1n) is 7.49. The molecule has 0 bridgehead atoms. The smallest absolute Gasteiger partial charge is 0.388 e. The minimum Gasteiger partial charge on any atom is -0.482 e. The summed E-state index contributed by atoms with van der Waals surface area (Å²) in [6.45, 7) is 4.46. The van der Waals surface area contributed by atoms with Crippen molar-refractivity contribution >= 4 is 24.9 Å². The quantitative estimate of drug-likeness (QED) is 0.288. The second kappa shape index (κ2) is 9.93. The topological polar surface area (TPSA) is 127 Å². The van der Waals surface area contributed by atoms with Crippen LogP contribution in [0.15, 0.2) is 29.4 Å². The molecule has 0 aliphatic rings. The molecule has 0 saturated carbocycles. The molecule has 0 unspecified atom stereocenters. The normalized spacial score (nSPS) is 11.9. The van der Waals surface area contributed by atoms with Crippen molar-refractivity contribution in [3.63, 3.8) is 0 Å². The first-order valence-corrected chi connectivity index (χ1v) is 9.03. The number of oxime groups is 1. The van der Waals surface area contributed by atoms with Gasteiger partial charge in [0.15, 0.2) is 6.61 Å². The minimum atomic E-state index is -4.07. The molecule has 9 nitrogen and oxygen atoms in total. The Kier molecular flexibility index (Phi) is 8.27. The average molecular weight is 372 g/mol. The van der Waals surface area contributed by atoms with Gasteiger partial charge in [0.05, 0.1) is 13.2 Å². The standard InChI is InChI=1S/C15H21N2O7P/c1-4-22-25(20,23-5-2)15(14(16)19)17-24-13(18)10-21-12-8-6-7-11(3)9-12/h6-9H,4-5,10H2,1-3H3,(H2,16,19)/b17-15+. The monoisotopic (exact) mass is 372 g/mol. The number of benzene rings is 1. The van der Waals surface area contributed by atoms with E-state index in [2.05, 4.69) is 9.99 Å². The first-order chi connectivity index (χ1) is 11.8. The second-order valence-electron chi connectivity index (χ2n) is 4.68. The molecule has 0 fully saturated rings. The Labute approximate surface area is 145 Å². The van der Waals surface area contributed by atoms with Crippen LogP contribution in [0.3, 0.4) is 0 Å². The van der Waals surface area contributed by atoms with Crippen LogP contribution in [0.1, 0.15) is 19.4 Å². The highest BCUT2D eigenvalue weighted by Gasteiger charge is 2.37. The Morgan fingerprint density at radius 3 is 2.36 bits per heavy atom. The number of nitrogens with two attached hydrogens (primary N) is 1. The Hall–Kier alpha value is -2.22. The van der Waals surface area contributed by atoms with E-state index >= 15 is 0 Å². The summed E-state index contributed by atoms with van der Waals surface area (Å²) in [5, 5.41) is 3.26. The van der Waals surface area contributed by atoms with Crippen LogP contribution < -0.4 is 10.5 Å². The molecule has 0 heterocycles. The molecular weight excluding hydrogens is 351 g/mol.